The van der Waals surface area contributed by atoms with Crippen LogP contribution >= 0.6 is 0 Å². The second kappa shape index (κ2) is 3.14. The molecule has 1 aromatic carbocycles. The zero-order valence-corrected chi connectivity index (χ0v) is 8.14. The van der Waals surface area contributed by atoms with Crippen molar-refractivity contribution in [3.63, 3.8) is 0 Å². The van der Waals surface area contributed by atoms with Gasteiger partial charge in [-0.15, -0.1) is 0 Å². The zero-order chi connectivity index (χ0) is 11.1. The van der Waals surface area contributed by atoms with Crippen molar-refractivity contribution < 1.29 is 18.1 Å². The quantitative estimate of drug-likeness (QED) is 0.690. The summed E-state index contributed by atoms with van der Waals surface area (Å²) in [6.45, 7) is 0. The molecule has 2 N–H and O–H groups in total. The Bertz CT molecular complexity index is 624. The smallest absolute Gasteiger partial charge is 0.296 e. The molecule has 0 unspecified atom stereocenters. The van der Waals surface area contributed by atoms with Crippen LogP contribution in [0.3, 0.4) is 0 Å². The van der Waals surface area contributed by atoms with E-state index >= 15 is 0 Å². The van der Waals surface area contributed by atoms with Crippen LogP contribution in [0, 0.1) is 0 Å². The molecular formula is C8H6N2O4S. The molecule has 78 valence electrons. The first kappa shape index (κ1) is 9.81. The Labute approximate surface area is 85.0 Å². The summed E-state index contributed by atoms with van der Waals surface area (Å²) in [5.41, 5.74) is -0.0207. The third-order valence-electron chi connectivity index (χ3n) is 1.84. The molecule has 1 aromatic heterocycles. The largest absolute Gasteiger partial charge is 0.506 e. The predicted molar refractivity (Wildman–Crippen MR) is 51.0 cm³/mol. The number of benzene rings is 1. The molecule has 0 aliphatic carbocycles. The molecule has 0 fully saturated rings. The van der Waals surface area contributed by atoms with Gasteiger partial charge in [-0.25, -0.2) is 4.98 Å². The van der Waals surface area contributed by atoms with E-state index in [2.05, 4.69) is 9.97 Å². The lowest BCUT2D eigenvalue weighted by molar-refractivity contribution is 0.477. The van der Waals surface area contributed by atoms with E-state index in [0.717, 1.165) is 12.1 Å². The number of phenolic OH excluding ortho intramolecular Hbond substituents is 1. The number of phenols is 1. The third-order valence-corrected chi connectivity index (χ3v) is 2.73. The van der Waals surface area contributed by atoms with Gasteiger partial charge in [-0.05, 0) is 12.1 Å². The van der Waals surface area contributed by atoms with Crippen LogP contribution in [-0.2, 0) is 10.1 Å². The summed E-state index contributed by atoms with van der Waals surface area (Å²) in [7, 11) is -4.36. The van der Waals surface area contributed by atoms with Gasteiger partial charge in [0.2, 0.25) is 0 Å². The van der Waals surface area contributed by atoms with Gasteiger partial charge in [-0.3, -0.25) is 9.54 Å². The lowest BCUT2D eigenvalue weighted by atomic mass is 10.3. The second-order valence-electron chi connectivity index (χ2n) is 2.81. The Balaban J connectivity index is 2.96. The Morgan fingerprint density at radius 3 is 2.27 bits per heavy atom. The summed E-state index contributed by atoms with van der Waals surface area (Å²) in [5.74, 6) is -0.189. The van der Waals surface area contributed by atoms with Crippen LogP contribution in [0.25, 0.3) is 11.0 Å². The van der Waals surface area contributed by atoms with Crippen molar-refractivity contribution in [3.8, 4) is 5.75 Å². The van der Waals surface area contributed by atoms with Crippen molar-refractivity contribution >= 4 is 21.2 Å². The van der Waals surface area contributed by atoms with Gasteiger partial charge in [0.15, 0.2) is 0 Å². The maximum absolute atomic E-state index is 11.0. The first-order valence-electron chi connectivity index (χ1n) is 3.90. The van der Waals surface area contributed by atoms with Gasteiger partial charge in [0.1, 0.15) is 21.7 Å². The second-order valence-corrected chi connectivity index (χ2v) is 4.20. The van der Waals surface area contributed by atoms with Crippen LogP contribution in [-0.4, -0.2) is 28.0 Å². The number of aromatic hydroxyl groups is 1. The van der Waals surface area contributed by atoms with Crippen LogP contribution in [0.2, 0.25) is 0 Å². The first-order valence-corrected chi connectivity index (χ1v) is 5.34. The molecule has 0 saturated heterocycles. The fourth-order valence-electron chi connectivity index (χ4n) is 1.23. The summed E-state index contributed by atoms with van der Waals surface area (Å²) in [6, 6.07) is 2.21. The van der Waals surface area contributed by atoms with E-state index in [4.69, 9.17) is 4.55 Å². The highest BCUT2D eigenvalue weighted by molar-refractivity contribution is 7.86. The number of hydrogen-bond donors (Lipinski definition) is 2. The third kappa shape index (κ3) is 1.62. The van der Waals surface area contributed by atoms with Gasteiger partial charge in [0, 0.05) is 12.4 Å². The van der Waals surface area contributed by atoms with E-state index in [9.17, 15) is 13.5 Å². The van der Waals surface area contributed by atoms with Gasteiger partial charge in [0.05, 0.1) is 0 Å². The summed E-state index contributed by atoms with van der Waals surface area (Å²) in [4.78, 5) is 7.14. The van der Waals surface area contributed by atoms with Gasteiger partial charge >= 0.3 is 0 Å². The topological polar surface area (TPSA) is 100 Å². The minimum atomic E-state index is -4.36. The summed E-state index contributed by atoms with van der Waals surface area (Å²) in [5, 5.41) is 9.38. The average Bonchev–Trinajstić information content (AvgIpc) is 2.17. The molecule has 0 bridgehead atoms. The molecule has 0 atom stereocenters. The highest BCUT2D eigenvalue weighted by atomic mass is 32.2. The van der Waals surface area contributed by atoms with Gasteiger partial charge in [-0.1, -0.05) is 0 Å². The number of aromatic nitrogens is 2. The lowest BCUT2D eigenvalue weighted by Crippen LogP contribution is -2.00. The van der Waals surface area contributed by atoms with Crippen LogP contribution in [0.5, 0.6) is 5.75 Å². The van der Waals surface area contributed by atoms with Gasteiger partial charge in [-0.2, -0.15) is 8.42 Å². The molecule has 6 nitrogen and oxygen atoms in total. The normalized spacial score (nSPS) is 11.8. The molecule has 0 aliphatic heterocycles. The maximum atomic E-state index is 11.0. The molecule has 15 heavy (non-hydrogen) atoms. The molecule has 0 saturated carbocycles. The monoisotopic (exact) mass is 226 g/mol. The van der Waals surface area contributed by atoms with Crippen LogP contribution in [0.15, 0.2) is 29.4 Å². The van der Waals surface area contributed by atoms with Crippen LogP contribution in [0.4, 0.5) is 0 Å². The van der Waals surface area contributed by atoms with Crippen molar-refractivity contribution in [2.75, 3.05) is 0 Å². The predicted octanol–water partition coefficient (Wildman–Crippen LogP) is 0.582. The van der Waals surface area contributed by atoms with Crippen molar-refractivity contribution in [3.05, 3.63) is 24.5 Å². The summed E-state index contributed by atoms with van der Waals surface area (Å²) < 4.78 is 30.8. The molecule has 2 rings (SSSR count). The SMILES string of the molecule is O=S(=O)(O)c1ccc(O)c2nccnc12. The highest BCUT2D eigenvalue weighted by Gasteiger charge is 2.17. The van der Waals surface area contributed by atoms with E-state index < -0.39 is 10.1 Å². The number of hydrogen-bond acceptors (Lipinski definition) is 5. The fraction of sp³-hybridized carbons (Fsp3) is 0. The van der Waals surface area contributed by atoms with E-state index in [1.165, 1.54) is 12.4 Å². The molecule has 0 spiro atoms. The average molecular weight is 226 g/mol. The first-order chi connectivity index (χ1) is 7.00. The van der Waals surface area contributed by atoms with E-state index in [-0.39, 0.29) is 21.7 Å². The lowest BCUT2D eigenvalue weighted by Gasteiger charge is -2.02. The summed E-state index contributed by atoms with van der Waals surface area (Å²) >= 11 is 0. The Hall–Kier alpha value is -1.73. The fourth-order valence-corrected chi connectivity index (χ4v) is 1.86. The molecule has 0 aliphatic rings. The van der Waals surface area contributed by atoms with Crippen molar-refractivity contribution in [1.29, 1.82) is 0 Å². The standard InChI is InChI=1S/C8H6N2O4S/c11-5-1-2-6(15(12,13)14)8-7(5)9-3-4-10-8/h1-4,11H,(H,12,13,14). The Morgan fingerprint density at radius 2 is 1.67 bits per heavy atom. The highest BCUT2D eigenvalue weighted by Crippen LogP contribution is 2.26. The molecule has 7 heteroatoms. The van der Waals surface area contributed by atoms with Crippen molar-refractivity contribution in [2.45, 2.75) is 4.90 Å². The molecule has 2 aromatic rings. The molecule has 1 heterocycles. The Kier molecular flexibility index (Phi) is 2.06. The van der Waals surface area contributed by atoms with E-state index in [0.29, 0.717) is 0 Å². The number of nitrogens with zero attached hydrogens (tertiary/aromatic N) is 2. The minimum absolute atomic E-state index is 0.0348. The van der Waals surface area contributed by atoms with Crippen LogP contribution in [0.1, 0.15) is 0 Å². The molecule has 0 amide bonds. The van der Waals surface area contributed by atoms with Gasteiger partial charge < -0.3 is 5.11 Å². The van der Waals surface area contributed by atoms with E-state index in [1.807, 2.05) is 0 Å². The zero-order valence-electron chi connectivity index (χ0n) is 7.32. The molecule has 0 radical (unpaired) electrons. The van der Waals surface area contributed by atoms with Crippen LogP contribution < -0.4 is 0 Å². The number of fused-ring (bicyclic) bond motifs is 1. The van der Waals surface area contributed by atoms with Crippen molar-refractivity contribution in [2.24, 2.45) is 0 Å². The number of rotatable bonds is 1. The minimum Gasteiger partial charge on any atom is -0.506 e. The Morgan fingerprint density at radius 1 is 1.07 bits per heavy atom. The van der Waals surface area contributed by atoms with Crippen molar-refractivity contribution in [1.82, 2.24) is 9.97 Å². The van der Waals surface area contributed by atoms with E-state index in [1.54, 1.807) is 0 Å². The molecular weight excluding hydrogens is 220 g/mol. The van der Waals surface area contributed by atoms with Gasteiger partial charge in [0.25, 0.3) is 10.1 Å². The summed E-state index contributed by atoms with van der Waals surface area (Å²) in [6.07, 6.45) is 2.59. The maximum Gasteiger partial charge on any atom is 0.296 e.